The van der Waals surface area contributed by atoms with Crippen molar-refractivity contribution in [3.63, 3.8) is 0 Å². The van der Waals surface area contributed by atoms with E-state index in [2.05, 4.69) is 10.6 Å². The minimum Gasteiger partial charge on any atom is -0.389 e. The number of nitrogens with one attached hydrogen (secondary N) is 2. The molecule has 2 heterocycles. The second-order valence-electron chi connectivity index (χ2n) is 7.90. The minimum absolute atomic E-state index is 0.122. The van der Waals surface area contributed by atoms with Crippen LogP contribution < -0.4 is 10.6 Å². The van der Waals surface area contributed by atoms with E-state index < -0.39 is 30.1 Å². The van der Waals surface area contributed by atoms with Crippen molar-refractivity contribution >= 4 is 17.5 Å². The Morgan fingerprint density at radius 1 is 1.29 bits per heavy atom. The van der Waals surface area contributed by atoms with Crippen LogP contribution >= 0.6 is 0 Å². The van der Waals surface area contributed by atoms with Gasteiger partial charge in [-0.3, -0.25) is 9.59 Å². The molecule has 2 amide bonds. The first-order valence-electron chi connectivity index (χ1n) is 10.1. The number of carbonyl (C=O) groups excluding carboxylic acids is 2. The van der Waals surface area contributed by atoms with E-state index in [4.69, 9.17) is 4.74 Å². The fraction of sp³-hybridized carbons (Fsp3) is 0.455. The molecule has 1 unspecified atom stereocenters. The molecular formula is C22H28FN3O5. The van der Waals surface area contributed by atoms with Gasteiger partial charge in [0.05, 0.1) is 30.0 Å². The minimum atomic E-state index is -1.52. The average molecular weight is 433 g/mol. The molecule has 1 aromatic heterocycles. The highest BCUT2D eigenvalue weighted by Crippen LogP contribution is 2.28. The van der Waals surface area contributed by atoms with Crippen LogP contribution in [0.25, 0.3) is 0 Å². The summed E-state index contributed by atoms with van der Waals surface area (Å²) in [6.07, 6.45) is -1.93. The van der Waals surface area contributed by atoms with Gasteiger partial charge in [0, 0.05) is 25.0 Å². The van der Waals surface area contributed by atoms with Crippen molar-refractivity contribution in [1.29, 1.82) is 0 Å². The SMILES string of the molecule is Cc1cc(NC(=O)c2c(C)c(C(O)C(=O)N[C@@H]3CCOC[C@H]3O)n(C)c2C)ccc1F. The predicted octanol–water partition coefficient (Wildman–Crippen LogP) is 1.64. The highest BCUT2D eigenvalue weighted by molar-refractivity contribution is 6.06. The smallest absolute Gasteiger partial charge is 0.257 e. The third kappa shape index (κ3) is 4.63. The van der Waals surface area contributed by atoms with Crippen LogP contribution in [0.15, 0.2) is 18.2 Å². The summed E-state index contributed by atoms with van der Waals surface area (Å²) in [5.74, 6) is -1.44. The number of benzene rings is 1. The molecule has 1 aliphatic heterocycles. The van der Waals surface area contributed by atoms with Gasteiger partial charge in [0.25, 0.3) is 11.8 Å². The zero-order valence-corrected chi connectivity index (χ0v) is 18.0. The maximum absolute atomic E-state index is 13.5. The highest BCUT2D eigenvalue weighted by Gasteiger charge is 2.32. The summed E-state index contributed by atoms with van der Waals surface area (Å²) >= 11 is 0. The zero-order valence-electron chi connectivity index (χ0n) is 18.0. The number of hydrogen-bond acceptors (Lipinski definition) is 5. The number of aromatic nitrogens is 1. The van der Waals surface area contributed by atoms with E-state index in [1.165, 1.54) is 18.2 Å². The number of ether oxygens (including phenoxy) is 1. The Kier molecular flexibility index (Phi) is 6.78. The molecular weight excluding hydrogens is 405 g/mol. The van der Waals surface area contributed by atoms with Gasteiger partial charge in [-0.05, 0) is 56.5 Å². The molecule has 0 radical (unpaired) electrons. The molecule has 3 rings (SSSR count). The Bertz CT molecular complexity index is 1000. The lowest BCUT2D eigenvalue weighted by Crippen LogP contribution is -2.50. The summed E-state index contributed by atoms with van der Waals surface area (Å²) in [5, 5.41) is 26.1. The summed E-state index contributed by atoms with van der Waals surface area (Å²) in [4.78, 5) is 25.6. The number of aryl methyl sites for hydroxylation is 1. The molecule has 9 heteroatoms. The summed E-state index contributed by atoms with van der Waals surface area (Å²) in [6.45, 7) is 5.51. The van der Waals surface area contributed by atoms with E-state index in [0.29, 0.717) is 41.1 Å². The van der Waals surface area contributed by atoms with Crippen LogP contribution in [0.3, 0.4) is 0 Å². The number of aliphatic hydroxyl groups excluding tert-OH is 2. The molecule has 8 nitrogen and oxygen atoms in total. The number of anilines is 1. The van der Waals surface area contributed by atoms with E-state index in [9.17, 15) is 24.2 Å². The first-order chi connectivity index (χ1) is 14.6. The monoisotopic (exact) mass is 433 g/mol. The second-order valence-corrected chi connectivity index (χ2v) is 7.90. The molecule has 1 saturated heterocycles. The first kappa shape index (κ1) is 22.9. The van der Waals surface area contributed by atoms with Crippen LogP contribution in [0.1, 0.15) is 45.4 Å². The number of amides is 2. The van der Waals surface area contributed by atoms with Crippen molar-refractivity contribution in [1.82, 2.24) is 9.88 Å². The lowest BCUT2D eigenvalue weighted by atomic mass is 10.0. The van der Waals surface area contributed by atoms with Gasteiger partial charge in [0.2, 0.25) is 0 Å². The van der Waals surface area contributed by atoms with Crippen LogP contribution in [0.2, 0.25) is 0 Å². The Hall–Kier alpha value is -2.75. The Morgan fingerprint density at radius 3 is 2.65 bits per heavy atom. The number of carbonyl (C=O) groups is 2. The fourth-order valence-corrected chi connectivity index (χ4v) is 3.92. The lowest BCUT2D eigenvalue weighted by molar-refractivity contribution is -0.133. The highest BCUT2D eigenvalue weighted by atomic mass is 19.1. The van der Waals surface area contributed by atoms with Crippen LogP contribution in [0.5, 0.6) is 0 Å². The van der Waals surface area contributed by atoms with Gasteiger partial charge in [0.1, 0.15) is 5.82 Å². The summed E-state index contributed by atoms with van der Waals surface area (Å²) in [6, 6.07) is 3.77. The van der Waals surface area contributed by atoms with Crippen molar-refractivity contribution in [2.24, 2.45) is 7.05 Å². The van der Waals surface area contributed by atoms with Gasteiger partial charge in [-0.2, -0.15) is 0 Å². The molecule has 3 atom stereocenters. The number of hydrogen-bond donors (Lipinski definition) is 4. The predicted molar refractivity (Wildman–Crippen MR) is 112 cm³/mol. The molecule has 2 aromatic rings. The maximum Gasteiger partial charge on any atom is 0.257 e. The Balaban J connectivity index is 1.82. The average Bonchev–Trinajstić information content (AvgIpc) is 2.94. The van der Waals surface area contributed by atoms with Gasteiger partial charge in [0.15, 0.2) is 6.10 Å². The van der Waals surface area contributed by atoms with E-state index in [1.807, 2.05) is 0 Å². The van der Waals surface area contributed by atoms with Crippen molar-refractivity contribution in [2.45, 2.75) is 45.4 Å². The summed E-state index contributed by atoms with van der Waals surface area (Å²) in [5.41, 5.74) is 2.50. The summed E-state index contributed by atoms with van der Waals surface area (Å²) < 4.78 is 20.2. The third-order valence-electron chi connectivity index (χ3n) is 5.79. The van der Waals surface area contributed by atoms with Gasteiger partial charge in [-0.25, -0.2) is 4.39 Å². The van der Waals surface area contributed by atoms with E-state index >= 15 is 0 Å². The fourth-order valence-electron chi connectivity index (χ4n) is 3.92. The maximum atomic E-state index is 13.5. The van der Waals surface area contributed by atoms with Gasteiger partial charge >= 0.3 is 0 Å². The topological polar surface area (TPSA) is 113 Å². The number of nitrogens with zero attached hydrogens (tertiary/aromatic N) is 1. The molecule has 168 valence electrons. The zero-order chi connectivity index (χ0) is 22.9. The second kappa shape index (κ2) is 9.17. The molecule has 1 fully saturated rings. The van der Waals surface area contributed by atoms with Crippen molar-refractivity contribution in [3.05, 3.63) is 52.1 Å². The molecule has 31 heavy (non-hydrogen) atoms. The Morgan fingerprint density at radius 2 is 2.00 bits per heavy atom. The van der Waals surface area contributed by atoms with E-state index in [1.54, 1.807) is 32.4 Å². The third-order valence-corrected chi connectivity index (χ3v) is 5.79. The quantitative estimate of drug-likeness (QED) is 0.573. The molecule has 0 bridgehead atoms. The van der Waals surface area contributed by atoms with Crippen LogP contribution in [0, 0.1) is 26.6 Å². The molecule has 1 aliphatic rings. The van der Waals surface area contributed by atoms with Gasteiger partial charge < -0.3 is 30.2 Å². The Labute approximate surface area is 180 Å². The standard InChI is InChI=1S/C22H28FN3O5/c1-11-9-14(5-6-15(11)23)24-21(29)18-12(2)19(26(4)13(18)3)20(28)22(30)25-16-7-8-31-10-17(16)27/h5-6,9,16-17,20,27-28H,7-8,10H2,1-4H3,(H,24,29)(H,25,30)/t16-,17-,20?/m1/s1. The molecule has 4 N–H and O–H groups in total. The lowest BCUT2D eigenvalue weighted by Gasteiger charge is -2.29. The first-order valence-corrected chi connectivity index (χ1v) is 10.1. The molecule has 0 aliphatic carbocycles. The van der Waals surface area contributed by atoms with E-state index in [-0.39, 0.29) is 18.1 Å². The van der Waals surface area contributed by atoms with Crippen LogP contribution in [-0.4, -0.2) is 52.0 Å². The molecule has 0 saturated carbocycles. The van der Waals surface area contributed by atoms with Crippen molar-refractivity contribution in [3.8, 4) is 0 Å². The number of halogens is 1. The van der Waals surface area contributed by atoms with Crippen molar-refractivity contribution in [2.75, 3.05) is 18.5 Å². The molecule has 1 aromatic carbocycles. The molecule has 0 spiro atoms. The van der Waals surface area contributed by atoms with Crippen LogP contribution in [-0.2, 0) is 16.6 Å². The van der Waals surface area contributed by atoms with Gasteiger partial charge in [-0.15, -0.1) is 0 Å². The summed E-state index contributed by atoms with van der Waals surface area (Å²) in [7, 11) is 1.66. The van der Waals surface area contributed by atoms with E-state index in [0.717, 1.165) is 0 Å². The number of rotatable bonds is 5. The normalized spacial score (nSPS) is 19.7. The van der Waals surface area contributed by atoms with Crippen LogP contribution in [0.4, 0.5) is 10.1 Å². The van der Waals surface area contributed by atoms with Crippen molar-refractivity contribution < 1.29 is 28.9 Å². The van der Waals surface area contributed by atoms with Gasteiger partial charge in [-0.1, -0.05) is 0 Å². The largest absolute Gasteiger partial charge is 0.389 e. The number of aliphatic hydroxyl groups is 2.